The van der Waals surface area contributed by atoms with Gasteiger partial charge in [0.2, 0.25) is 5.91 Å². The number of methoxy groups -OCH3 is 2. The highest BCUT2D eigenvalue weighted by Crippen LogP contribution is 2.29. The monoisotopic (exact) mass is 406 g/mol. The molecule has 2 aromatic rings. The van der Waals surface area contributed by atoms with Crippen LogP contribution in [0.5, 0.6) is 11.5 Å². The third-order valence-corrected chi connectivity index (χ3v) is 4.41. The van der Waals surface area contributed by atoms with Gasteiger partial charge in [-0.05, 0) is 19.9 Å². The van der Waals surface area contributed by atoms with E-state index in [1.54, 1.807) is 12.1 Å². The molecule has 1 unspecified atom stereocenters. The molecular formula is C19H28N5O5+. The van der Waals surface area contributed by atoms with Crippen LogP contribution in [0.3, 0.4) is 0 Å². The number of ether oxygens (including phenoxy) is 2. The second kappa shape index (κ2) is 10.4. The molecule has 0 aliphatic carbocycles. The number of rotatable bonds is 10. The molecule has 0 aliphatic rings. The van der Waals surface area contributed by atoms with Crippen LogP contribution in [0.1, 0.15) is 19.7 Å². The van der Waals surface area contributed by atoms with Crippen molar-refractivity contribution in [1.29, 1.82) is 0 Å². The molecule has 0 spiro atoms. The first kappa shape index (κ1) is 22.2. The Kier molecular flexibility index (Phi) is 7.96. The molecular weight excluding hydrogens is 378 g/mol. The molecule has 0 fully saturated rings. The van der Waals surface area contributed by atoms with E-state index in [1.807, 2.05) is 13.8 Å². The van der Waals surface area contributed by atoms with Gasteiger partial charge >= 0.3 is 0 Å². The SMILES string of the molecule is CCNC(=O)CNC(=O)C[NH+](CC)Cc1nc2cc(OC)c(OC)cc2c(=O)[nH]1. The van der Waals surface area contributed by atoms with Crippen LogP contribution in [0, 0.1) is 0 Å². The third kappa shape index (κ3) is 5.92. The first-order chi connectivity index (χ1) is 13.9. The molecule has 158 valence electrons. The number of hydrogen-bond donors (Lipinski definition) is 4. The zero-order chi connectivity index (χ0) is 21.4. The smallest absolute Gasteiger partial charge is 0.275 e. The molecule has 0 saturated carbocycles. The van der Waals surface area contributed by atoms with Gasteiger partial charge in [0.25, 0.3) is 11.5 Å². The van der Waals surface area contributed by atoms with E-state index in [2.05, 4.69) is 20.6 Å². The van der Waals surface area contributed by atoms with Crippen molar-refractivity contribution in [2.24, 2.45) is 0 Å². The number of aromatic nitrogens is 2. The summed E-state index contributed by atoms with van der Waals surface area (Å²) in [6.45, 7) is 5.34. The number of nitrogens with one attached hydrogen (secondary N) is 4. The molecule has 29 heavy (non-hydrogen) atoms. The Morgan fingerprint density at radius 1 is 1.10 bits per heavy atom. The van der Waals surface area contributed by atoms with E-state index in [-0.39, 0.29) is 30.5 Å². The Morgan fingerprint density at radius 3 is 2.41 bits per heavy atom. The Morgan fingerprint density at radius 2 is 1.79 bits per heavy atom. The van der Waals surface area contributed by atoms with Crippen molar-refractivity contribution in [3.63, 3.8) is 0 Å². The lowest BCUT2D eigenvalue weighted by atomic mass is 10.2. The normalized spacial score (nSPS) is 11.7. The van der Waals surface area contributed by atoms with Crippen LogP contribution >= 0.6 is 0 Å². The number of quaternary nitrogens is 1. The lowest BCUT2D eigenvalue weighted by molar-refractivity contribution is -0.904. The zero-order valence-corrected chi connectivity index (χ0v) is 17.2. The fourth-order valence-electron chi connectivity index (χ4n) is 2.88. The third-order valence-electron chi connectivity index (χ3n) is 4.41. The molecule has 10 heteroatoms. The average Bonchev–Trinajstić information content (AvgIpc) is 2.71. The summed E-state index contributed by atoms with van der Waals surface area (Å²) in [4.78, 5) is 44.2. The molecule has 1 aromatic heterocycles. The van der Waals surface area contributed by atoms with Gasteiger partial charge in [0.1, 0.15) is 6.54 Å². The highest BCUT2D eigenvalue weighted by atomic mass is 16.5. The number of aromatic amines is 1. The van der Waals surface area contributed by atoms with Crippen molar-refractivity contribution >= 4 is 22.7 Å². The fraction of sp³-hybridized carbons (Fsp3) is 0.474. The van der Waals surface area contributed by atoms with Crippen LogP contribution in [0.25, 0.3) is 10.9 Å². The number of H-pyrrole nitrogens is 1. The van der Waals surface area contributed by atoms with Crippen molar-refractivity contribution < 1.29 is 24.0 Å². The summed E-state index contributed by atoms with van der Waals surface area (Å²) < 4.78 is 10.5. The minimum absolute atomic E-state index is 0.0592. The highest BCUT2D eigenvalue weighted by Gasteiger charge is 2.17. The van der Waals surface area contributed by atoms with E-state index in [4.69, 9.17) is 9.47 Å². The van der Waals surface area contributed by atoms with Gasteiger partial charge in [-0.2, -0.15) is 0 Å². The van der Waals surface area contributed by atoms with E-state index in [0.29, 0.717) is 47.9 Å². The van der Waals surface area contributed by atoms with Gasteiger partial charge in [-0.15, -0.1) is 0 Å². The van der Waals surface area contributed by atoms with Crippen LogP contribution in [0.2, 0.25) is 0 Å². The van der Waals surface area contributed by atoms with E-state index >= 15 is 0 Å². The lowest BCUT2D eigenvalue weighted by Gasteiger charge is -2.17. The van der Waals surface area contributed by atoms with Crippen LogP contribution < -0.4 is 30.6 Å². The predicted molar refractivity (Wildman–Crippen MR) is 107 cm³/mol. The largest absolute Gasteiger partial charge is 0.493 e. The Balaban J connectivity index is 2.13. The van der Waals surface area contributed by atoms with Crippen molar-refractivity contribution in [3.8, 4) is 11.5 Å². The quantitative estimate of drug-likeness (QED) is 0.384. The lowest BCUT2D eigenvalue weighted by Crippen LogP contribution is -3.11. The Labute approximate surface area is 168 Å². The standard InChI is InChI=1S/C19H27N5O5/c1-5-20-17(25)9-21-18(26)11-24(6-2)10-16-22-13-8-15(29-4)14(28-3)7-12(13)19(27)23-16/h7-8H,5-6,9-11H2,1-4H3,(H,20,25)(H,21,26)(H,22,23,27)/p+1. The maximum atomic E-state index is 12.5. The topological polar surface area (TPSA) is 127 Å². The van der Waals surface area contributed by atoms with E-state index in [0.717, 1.165) is 4.90 Å². The minimum Gasteiger partial charge on any atom is -0.493 e. The molecule has 1 aromatic carbocycles. The van der Waals surface area contributed by atoms with E-state index < -0.39 is 0 Å². The van der Waals surface area contributed by atoms with Gasteiger partial charge in [-0.25, -0.2) is 4.98 Å². The number of carbonyl (C=O) groups excluding carboxylic acids is 2. The zero-order valence-electron chi connectivity index (χ0n) is 17.2. The second-order valence-electron chi connectivity index (χ2n) is 6.42. The van der Waals surface area contributed by atoms with Gasteiger partial charge in [0.05, 0.1) is 38.2 Å². The molecule has 0 aliphatic heterocycles. The second-order valence-corrected chi connectivity index (χ2v) is 6.42. The summed E-state index contributed by atoms with van der Waals surface area (Å²) in [5.74, 6) is 0.910. The van der Waals surface area contributed by atoms with Crippen LogP contribution in [0.15, 0.2) is 16.9 Å². The average molecular weight is 406 g/mol. The summed E-state index contributed by atoms with van der Waals surface area (Å²) >= 11 is 0. The number of amides is 2. The first-order valence-corrected chi connectivity index (χ1v) is 9.43. The molecule has 1 heterocycles. The number of carbonyl (C=O) groups is 2. The van der Waals surface area contributed by atoms with Crippen molar-refractivity contribution in [1.82, 2.24) is 20.6 Å². The Bertz CT molecular complexity index is 927. The minimum atomic E-state index is -0.290. The number of fused-ring (bicyclic) bond motifs is 1. The summed E-state index contributed by atoms with van der Waals surface area (Å²) in [6, 6.07) is 3.24. The first-order valence-electron chi connectivity index (χ1n) is 9.43. The summed E-state index contributed by atoms with van der Waals surface area (Å²) in [5.41, 5.74) is 0.194. The Hall–Kier alpha value is -3.14. The molecule has 0 saturated heterocycles. The molecule has 1 atom stereocenters. The fourth-order valence-corrected chi connectivity index (χ4v) is 2.88. The molecule has 0 bridgehead atoms. The van der Waals surface area contributed by atoms with Gasteiger partial charge < -0.3 is 30.0 Å². The van der Waals surface area contributed by atoms with Crippen molar-refractivity contribution in [2.75, 3.05) is 40.4 Å². The van der Waals surface area contributed by atoms with Crippen LogP contribution in [-0.2, 0) is 16.1 Å². The summed E-state index contributed by atoms with van der Waals surface area (Å²) in [7, 11) is 3.01. The summed E-state index contributed by atoms with van der Waals surface area (Å²) in [5, 5.41) is 5.60. The molecule has 10 nitrogen and oxygen atoms in total. The maximum absolute atomic E-state index is 12.5. The number of hydrogen-bond acceptors (Lipinski definition) is 6. The van der Waals surface area contributed by atoms with Gasteiger partial charge in [0.15, 0.2) is 23.9 Å². The van der Waals surface area contributed by atoms with Crippen LogP contribution in [-0.4, -0.2) is 62.2 Å². The molecule has 2 rings (SSSR count). The van der Waals surface area contributed by atoms with Gasteiger partial charge in [-0.3, -0.25) is 14.4 Å². The predicted octanol–water partition coefficient (Wildman–Crippen LogP) is -1.40. The number of likely N-dealkylation sites (N-methyl/N-ethyl adjacent to an activating group) is 2. The van der Waals surface area contributed by atoms with Crippen molar-refractivity contribution in [3.05, 3.63) is 28.3 Å². The van der Waals surface area contributed by atoms with E-state index in [9.17, 15) is 14.4 Å². The maximum Gasteiger partial charge on any atom is 0.275 e. The van der Waals surface area contributed by atoms with Gasteiger partial charge in [0, 0.05) is 12.6 Å². The molecule has 0 radical (unpaired) electrons. The van der Waals surface area contributed by atoms with E-state index in [1.165, 1.54) is 14.2 Å². The molecule has 2 amide bonds. The molecule has 4 N–H and O–H groups in total. The van der Waals surface area contributed by atoms with Gasteiger partial charge in [-0.1, -0.05) is 0 Å². The van der Waals surface area contributed by atoms with Crippen molar-refractivity contribution in [2.45, 2.75) is 20.4 Å². The number of nitrogens with zero attached hydrogens (tertiary/aromatic N) is 1. The summed E-state index contributed by atoms with van der Waals surface area (Å²) in [6.07, 6.45) is 0. The number of benzene rings is 1. The highest BCUT2D eigenvalue weighted by molar-refractivity contribution is 5.85. The van der Waals surface area contributed by atoms with Crippen LogP contribution in [0.4, 0.5) is 0 Å².